The van der Waals surface area contributed by atoms with Crippen LogP contribution in [0.2, 0.25) is 0 Å². The molecule has 0 saturated carbocycles. The van der Waals surface area contributed by atoms with Gasteiger partial charge in [0.2, 0.25) is 0 Å². The first-order chi connectivity index (χ1) is 6.41. The normalized spacial score (nSPS) is 12.1. The number of hydrogen-bond acceptors (Lipinski definition) is 2. The van der Waals surface area contributed by atoms with Gasteiger partial charge >= 0.3 is 0 Å². The van der Waals surface area contributed by atoms with Crippen molar-refractivity contribution in [1.29, 1.82) is 0 Å². The van der Waals surface area contributed by atoms with Crippen molar-refractivity contribution >= 4 is 16.9 Å². The molecule has 0 unspecified atom stereocenters. The van der Waals surface area contributed by atoms with Gasteiger partial charge in [-0.05, 0) is 12.3 Å². The van der Waals surface area contributed by atoms with Crippen LogP contribution in [0.15, 0.2) is 0 Å². The highest BCUT2D eigenvalue weighted by atomic mass is 32.2. The van der Waals surface area contributed by atoms with Crippen molar-refractivity contribution < 1.29 is 4.79 Å². The van der Waals surface area contributed by atoms with Crippen LogP contribution in [0, 0.1) is 11.3 Å². The number of hydrogen-bond donors (Lipinski definition) is 0. The largest absolute Gasteiger partial charge is 0.287 e. The predicted octanol–water partition coefficient (Wildman–Crippen LogP) is 4.12. The van der Waals surface area contributed by atoms with Crippen LogP contribution >= 0.6 is 11.8 Å². The summed E-state index contributed by atoms with van der Waals surface area (Å²) in [6.45, 7) is 10.4. The summed E-state index contributed by atoms with van der Waals surface area (Å²) in [5, 5.41) is 0.323. The van der Waals surface area contributed by atoms with E-state index in [4.69, 9.17) is 0 Å². The maximum absolute atomic E-state index is 11.6. The predicted molar refractivity (Wildman–Crippen MR) is 65.6 cm³/mol. The van der Waals surface area contributed by atoms with Crippen molar-refractivity contribution in [3.63, 3.8) is 0 Å². The van der Waals surface area contributed by atoms with E-state index in [0.29, 0.717) is 5.12 Å². The van der Waals surface area contributed by atoms with Crippen molar-refractivity contribution in [1.82, 2.24) is 0 Å². The number of thioether (sulfide) groups is 1. The molecule has 14 heavy (non-hydrogen) atoms. The van der Waals surface area contributed by atoms with Gasteiger partial charge in [-0.3, -0.25) is 4.79 Å². The maximum Gasteiger partial charge on any atom is 0.194 e. The van der Waals surface area contributed by atoms with Crippen LogP contribution in [0.25, 0.3) is 0 Å². The van der Waals surface area contributed by atoms with E-state index in [0.717, 1.165) is 11.7 Å². The molecule has 1 nitrogen and oxygen atoms in total. The zero-order valence-electron chi connectivity index (χ0n) is 10.2. The fourth-order valence-electron chi connectivity index (χ4n) is 1.23. The van der Waals surface area contributed by atoms with E-state index in [1.165, 1.54) is 31.0 Å². The van der Waals surface area contributed by atoms with Gasteiger partial charge in [0, 0.05) is 11.2 Å². The fraction of sp³-hybridized carbons (Fsp3) is 0.917. The first kappa shape index (κ1) is 14.0. The second kappa shape index (κ2) is 6.49. The Kier molecular flexibility index (Phi) is 6.50. The van der Waals surface area contributed by atoms with Crippen LogP contribution < -0.4 is 0 Å². The van der Waals surface area contributed by atoms with E-state index in [9.17, 15) is 4.79 Å². The van der Waals surface area contributed by atoms with E-state index in [2.05, 4.69) is 13.8 Å². The lowest BCUT2D eigenvalue weighted by Gasteiger charge is -2.17. The summed E-state index contributed by atoms with van der Waals surface area (Å²) in [6.07, 6.45) is 3.65. The quantitative estimate of drug-likeness (QED) is 0.687. The molecule has 0 aromatic heterocycles. The number of rotatable bonds is 5. The molecular weight excluding hydrogens is 192 g/mol. The van der Waals surface area contributed by atoms with Gasteiger partial charge in [0.05, 0.1) is 0 Å². The van der Waals surface area contributed by atoms with Gasteiger partial charge in [0.15, 0.2) is 5.12 Å². The Bertz CT molecular complexity index is 166. The Morgan fingerprint density at radius 3 is 2.07 bits per heavy atom. The number of carbonyl (C=O) groups is 1. The highest BCUT2D eigenvalue weighted by molar-refractivity contribution is 8.13. The molecule has 2 heteroatoms. The molecule has 84 valence electrons. The molecule has 0 amide bonds. The number of carbonyl (C=O) groups excluding carboxylic acids is 1. The van der Waals surface area contributed by atoms with Crippen molar-refractivity contribution in [3.8, 4) is 0 Å². The Hall–Kier alpha value is 0.0200. The molecule has 0 spiro atoms. The highest BCUT2D eigenvalue weighted by Crippen LogP contribution is 2.25. The lowest BCUT2D eigenvalue weighted by Crippen LogP contribution is -2.17. The fourth-order valence-corrected chi connectivity index (χ4v) is 2.30. The van der Waals surface area contributed by atoms with Gasteiger partial charge in [-0.15, -0.1) is 0 Å². The Morgan fingerprint density at radius 2 is 1.71 bits per heavy atom. The second-order valence-electron chi connectivity index (χ2n) is 4.86. The van der Waals surface area contributed by atoms with Gasteiger partial charge in [0.1, 0.15) is 0 Å². The van der Waals surface area contributed by atoms with Crippen molar-refractivity contribution in [2.45, 2.75) is 53.9 Å². The van der Waals surface area contributed by atoms with Gasteiger partial charge in [-0.1, -0.05) is 59.2 Å². The minimum absolute atomic E-state index is 0.182. The molecule has 0 aromatic rings. The first-order valence-corrected chi connectivity index (χ1v) is 6.57. The lowest BCUT2D eigenvalue weighted by atomic mass is 9.99. The van der Waals surface area contributed by atoms with Crippen molar-refractivity contribution in [2.75, 3.05) is 5.75 Å². The maximum atomic E-state index is 11.6. The van der Waals surface area contributed by atoms with E-state index < -0.39 is 0 Å². The van der Waals surface area contributed by atoms with Gasteiger partial charge in [-0.2, -0.15) is 0 Å². The van der Waals surface area contributed by atoms with Crippen LogP contribution in [-0.4, -0.2) is 10.9 Å². The first-order valence-electron chi connectivity index (χ1n) is 5.59. The summed E-state index contributed by atoms with van der Waals surface area (Å²) < 4.78 is 0. The molecule has 0 aromatic carbocycles. The molecule has 0 radical (unpaired) electrons. The molecule has 0 bridgehead atoms. The standard InChI is InChI=1S/C12H24OS/c1-6-10(7-2)8-9-14-11(13)12(3,4)5/h10H,6-9H2,1-5H3. The summed E-state index contributed by atoms with van der Waals surface area (Å²) in [5.41, 5.74) is -0.182. The summed E-state index contributed by atoms with van der Waals surface area (Å²) >= 11 is 1.50. The zero-order valence-corrected chi connectivity index (χ0v) is 11.0. The Balaban J connectivity index is 3.69. The smallest absolute Gasteiger partial charge is 0.194 e. The van der Waals surface area contributed by atoms with Crippen molar-refractivity contribution in [2.24, 2.45) is 11.3 Å². The van der Waals surface area contributed by atoms with E-state index in [1.54, 1.807) is 0 Å². The van der Waals surface area contributed by atoms with Crippen LogP contribution in [0.5, 0.6) is 0 Å². The summed E-state index contributed by atoms with van der Waals surface area (Å²) in [6, 6.07) is 0. The van der Waals surface area contributed by atoms with E-state index in [1.807, 2.05) is 20.8 Å². The average Bonchev–Trinajstić information content (AvgIpc) is 2.10. The minimum Gasteiger partial charge on any atom is -0.287 e. The third-order valence-corrected chi connectivity index (χ3v) is 3.84. The van der Waals surface area contributed by atoms with Crippen LogP contribution in [0.4, 0.5) is 0 Å². The van der Waals surface area contributed by atoms with Crippen LogP contribution in [0.3, 0.4) is 0 Å². The third kappa shape index (κ3) is 5.69. The molecule has 0 aliphatic carbocycles. The Morgan fingerprint density at radius 1 is 1.21 bits per heavy atom. The molecule has 0 heterocycles. The third-order valence-electron chi connectivity index (χ3n) is 2.53. The SMILES string of the molecule is CCC(CC)CCSC(=O)C(C)(C)C. The molecule has 0 atom stereocenters. The topological polar surface area (TPSA) is 17.1 Å². The minimum atomic E-state index is -0.182. The molecule has 0 saturated heterocycles. The van der Waals surface area contributed by atoms with Crippen LogP contribution in [-0.2, 0) is 4.79 Å². The summed E-state index contributed by atoms with van der Waals surface area (Å²) in [4.78, 5) is 11.6. The molecule has 0 N–H and O–H groups in total. The zero-order chi connectivity index (χ0) is 11.2. The monoisotopic (exact) mass is 216 g/mol. The summed E-state index contributed by atoms with van der Waals surface area (Å²) in [5.74, 6) is 1.79. The molecule has 0 aliphatic rings. The highest BCUT2D eigenvalue weighted by Gasteiger charge is 2.21. The molecule has 0 aliphatic heterocycles. The molecule has 0 fully saturated rings. The van der Waals surface area contributed by atoms with E-state index >= 15 is 0 Å². The van der Waals surface area contributed by atoms with E-state index in [-0.39, 0.29) is 5.41 Å². The molecular formula is C12H24OS. The van der Waals surface area contributed by atoms with Gasteiger partial charge < -0.3 is 0 Å². The van der Waals surface area contributed by atoms with Crippen molar-refractivity contribution in [3.05, 3.63) is 0 Å². The Labute approximate surface area is 93.0 Å². The lowest BCUT2D eigenvalue weighted by molar-refractivity contribution is -0.117. The van der Waals surface area contributed by atoms with Crippen LogP contribution in [0.1, 0.15) is 53.9 Å². The summed E-state index contributed by atoms with van der Waals surface area (Å²) in [7, 11) is 0. The second-order valence-corrected chi connectivity index (χ2v) is 5.92. The molecule has 0 rings (SSSR count). The average molecular weight is 216 g/mol. The van der Waals surface area contributed by atoms with Gasteiger partial charge in [-0.25, -0.2) is 0 Å². The van der Waals surface area contributed by atoms with Gasteiger partial charge in [0.25, 0.3) is 0 Å².